The number of hydrogen-bond acceptors (Lipinski definition) is 4. The van der Waals surface area contributed by atoms with Gasteiger partial charge in [-0.1, -0.05) is 6.07 Å². The number of nitrogens with zero attached hydrogens (tertiary/aromatic N) is 1. The van der Waals surface area contributed by atoms with Gasteiger partial charge in [-0.2, -0.15) is 8.42 Å². The van der Waals surface area contributed by atoms with Gasteiger partial charge in [0.25, 0.3) is 10.1 Å². The predicted molar refractivity (Wildman–Crippen MR) is 69.0 cm³/mol. The van der Waals surface area contributed by atoms with Crippen molar-refractivity contribution in [2.24, 2.45) is 0 Å². The zero-order valence-electron chi connectivity index (χ0n) is 9.99. The Morgan fingerprint density at radius 2 is 1.95 bits per heavy atom. The molecular weight excluding hydrogens is 292 g/mol. The highest BCUT2D eigenvalue weighted by Gasteiger charge is 2.16. The third-order valence-electron chi connectivity index (χ3n) is 2.26. The number of sulfonamides is 1. The van der Waals surface area contributed by atoms with Crippen molar-refractivity contribution < 1.29 is 21.4 Å². The molecule has 0 atom stereocenters. The highest BCUT2D eigenvalue weighted by Crippen LogP contribution is 2.22. The smallest absolute Gasteiger partial charge is 0.266 e. The number of rotatable bonds is 5. The number of hydrogen-bond donors (Lipinski definition) is 2. The third kappa shape index (κ3) is 4.60. The number of nitrogens with one attached hydrogen (secondary N) is 1. The van der Waals surface area contributed by atoms with Crippen LogP contribution >= 0.6 is 0 Å². The van der Waals surface area contributed by atoms with E-state index >= 15 is 0 Å². The lowest BCUT2D eigenvalue weighted by Gasteiger charge is -2.07. The van der Waals surface area contributed by atoms with E-state index in [0.717, 1.165) is 0 Å². The van der Waals surface area contributed by atoms with E-state index in [1.165, 1.54) is 18.2 Å². The fraction of sp³-hybridized carbons (Fsp3) is 0.300. The molecule has 9 heteroatoms. The molecule has 0 bridgehead atoms. The lowest BCUT2D eigenvalue weighted by Crippen LogP contribution is -2.29. The topological polar surface area (TPSA) is 105 Å². The van der Waals surface area contributed by atoms with Gasteiger partial charge >= 0.3 is 0 Å². The van der Waals surface area contributed by atoms with Crippen molar-refractivity contribution >= 4 is 25.8 Å². The first kappa shape index (κ1) is 15.6. The molecule has 0 radical (unpaired) electrons. The van der Waals surface area contributed by atoms with Crippen LogP contribution in [0.3, 0.4) is 0 Å². The second-order valence-electron chi connectivity index (χ2n) is 3.74. The van der Waals surface area contributed by atoms with E-state index in [9.17, 15) is 16.8 Å². The molecule has 0 aliphatic carbocycles. The van der Waals surface area contributed by atoms with E-state index in [2.05, 4.69) is 4.85 Å². The van der Waals surface area contributed by atoms with Crippen molar-refractivity contribution in [2.75, 3.05) is 12.3 Å². The number of benzene rings is 1. The molecule has 2 N–H and O–H groups in total. The molecule has 0 saturated carbocycles. The molecule has 1 aromatic carbocycles. The monoisotopic (exact) mass is 304 g/mol. The molecule has 0 aromatic heterocycles. The Balaban J connectivity index is 2.93. The molecule has 0 fully saturated rings. The summed E-state index contributed by atoms with van der Waals surface area (Å²) < 4.78 is 55.1. The van der Waals surface area contributed by atoms with Crippen molar-refractivity contribution in [2.45, 2.75) is 11.8 Å². The molecule has 1 aromatic rings. The van der Waals surface area contributed by atoms with Gasteiger partial charge in [-0.05, 0) is 24.6 Å². The van der Waals surface area contributed by atoms with Crippen molar-refractivity contribution in [3.05, 3.63) is 35.2 Å². The summed E-state index contributed by atoms with van der Waals surface area (Å²) in [5.41, 5.74) is 0.851. The highest BCUT2D eigenvalue weighted by molar-refractivity contribution is 7.89. The molecule has 19 heavy (non-hydrogen) atoms. The molecule has 1 rings (SSSR count). The molecule has 0 spiro atoms. The lowest BCUT2D eigenvalue weighted by molar-refractivity contribution is 0.482. The van der Waals surface area contributed by atoms with Crippen LogP contribution in [0.5, 0.6) is 0 Å². The summed E-state index contributed by atoms with van der Waals surface area (Å²) in [6.07, 6.45) is 0. The molecule has 0 saturated heterocycles. The molecule has 7 nitrogen and oxygen atoms in total. The normalized spacial score (nSPS) is 12.1. The van der Waals surface area contributed by atoms with Gasteiger partial charge < -0.3 is 0 Å². The summed E-state index contributed by atoms with van der Waals surface area (Å²) in [7, 11) is -8.12. The van der Waals surface area contributed by atoms with E-state index in [1.807, 2.05) is 4.72 Å². The van der Waals surface area contributed by atoms with Crippen LogP contribution in [0.15, 0.2) is 23.1 Å². The van der Waals surface area contributed by atoms with Gasteiger partial charge in [-0.25, -0.2) is 18.0 Å². The maximum atomic E-state index is 11.8. The van der Waals surface area contributed by atoms with E-state index in [4.69, 9.17) is 11.1 Å². The van der Waals surface area contributed by atoms with E-state index in [-0.39, 0.29) is 10.6 Å². The summed E-state index contributed by atoms with van der Waals surface area (Å²) in [4.78, 5) is 3.06. The summed E-state index contributed by atoms with van der Waals surface area (Å²) in [5, 5.41) is 0. The minimum absolute atomic E-state index is 0.126. The van der Waals surface area contributed by atoms with Crippen molar-refractivity contribution in [3.63, 3.8) is 0 Å². The second-order valence-corrected chi connectivity index (χ2v) is 7.08. The van der Waals surface area contributed by atoms with Crippen LogP contribution in [-0.4, -0.2) is 33.7 Å². The van der Waals surface area contributed by atoms with E-state index < -0.39 is 32.4 Å². The minimum Gasteiger partial charge on any atom is -0.286 e. The molecule has 0 amide bonds. The molecular formula is C10H12N2O5S2. The van der Waals surface area contributed by atoms with Crippen molar-refractivity contribution in [3.8, 4) is 0 Å². The van der Waals surface area contributed by atoms with Gasteiger partial charge in [0, 0.05) is 6.54 Å². The molecule has 0 heterocycles. The average Bonchev–Trinajstić information content (AvgIpc) is 2.27. The van der Waals surface area contributed by atoms with Crippen molar-refractivity contribution in [1.29, 1.82) is 0 Å². The Morgan fingerprint density at radius 1 is 1.32 bits per heavy atom. The first-order valence-corrected chi connectivity index (χ1v) is 8.18. The van der Waals surface area contributed by atoms with Crippen LogP contribution in [0, 0.1) is 13.5 Å². The number of aryl methyl sites for hydroxylation is 1. The molecule has 0 unspecified atom stereocenters. The Bertz CT molecular complexity index is 717. The molecule has 104 valence electrons. The van der Waals surface area contributed by atoms with Gasteiger partial charge in [-0.3, -0.25) is 4.55 Å². The quantitative estimate of drug-likeness (QED) is 0.616. The standard InChI is InChI=1S/C10H12N2O5S2/c1-8-3-4-9(7-10(8)11-2)19(16,17)12-5-6-18(13,14)15/h3-4,7,12H,5-6H2,1H3,(H,13,14,15). The van der Waals surface area contributed by atoms with Gasteiger partial charge in [0.05, 0.1) is 17.2 Å². The van der Waals surface area contributed by atoms with Crippen LogP contribution < -0.4 is 4.72 Å². The Hall–Kier alpha value is -1.47. The second kappa shape index (κ2) is 5.66. The Morgan fingerprint density at radius 3 is 2.47 bits per heavy atom. The average molecular weight is 304 g/mol. The third-order valence-corrected chi connectivity index (χ3v) is 4.44. The van der Waals surface area contributed by atoms with Crippen LogP contribution in [0.4, 0.5) is 5.69 Å². The predicted octanol–water partition coefficient (Wildman–Crippen LogP) is 0.712. The fourth-order valence-electron chi connectivity index (χ4n) is 1.27. The first-order chi connectivity index (χ1) is 8.65. The SMILES string of the molecule is [C-]#[N+]c1cc(S(=O)(=O)NCCS(=O)(=O)O)ccc1C. The van der Waals surface area contributed by atoms with E-state index in [0.29, 0.717) is 5.56 Å². The first-order valence-electron chi connectivity index (χ1n) is 5.08. The minimum atomic E-state index is -4.22. The summed E-state index contributed by atoms with van der Waals surface area (Å²) in [6.45, 7) is 8.14. The Labute approximate surface area is 111 Å². The van der Waals surface area contributed by atoms with Crippen LogP contribution in [0.2, 0.25) is 0 Å². The summed E-state index contributed by atoms with van der Waals surface area (Å²) >= 11 is 0. The van der Waals surface area contributed by atoms with Gasteiger partial charge in [0.2, 0.25) is 10.0 Å². The van der Waals surface area contributed by atoms with Gasteiger partial charge in [-0.15, -0.1) is 0 Å². The summed E-state index contributed by atoms with van der Waals surface area (Å²) in [6, 6.07) is 4.02. The zero-order valence-corrected chi connectivity index (χ0v) is 11.6. The maximum absolute atomic E-state index is 11.8. The van der Waals surface area contributed by atoms with Gasteiger partial charge in [0.1, 0.15) is 0 Å². The van der Waals surface area contributed by atoms with E-state index in [1.54, 1.807) is 6.92 Å². The van der Waals surface area contributed by atoms with Crippen LogP contribution in [0.1, 0.15) is 5.56 Å². The fourth-order valence-corrected chi connectivity index (χ4v) is 2.81. The molecule has 0 aliphatic heterocycles. The van der Waals surface area contributed by atoms with Crippen LogP contribution in [-0.2, 0) is 20.1 Å². The highest BCUT2D eigenvalue weighted by atomic mass is 32.2. The Kier molecular flexibility index (Phi) is 4.65. The summed E-state index contributed by atoms with van der Waals surface area (Å²) in [5.74, 6) is -0.715. The zero-order chi connectivity index (χ0) is 14.7. The maximum Gasteiger partial charge on any atom is 0.266 e. The largest absolute Gasteiger partial charge is 0.286 e. The molecule has 0 aliphatic rings. The lowest BCUT2D eigenvalue weighted by atomic mass is 10.2. The van der Waals surface area contributed by atoms with Crippen LogP contribution in [0.25, 0.3) is 4.85 Å². The van der Waals surface area contributed by atoms with Gasteiger partial charge in [0.15, 0.2) is 5.69 Å². The van der Waals surface area contributed by atoms with Crippen molar-refractivity contribution in [1.82, 2.24) is 4.72 Å².